The number of likely N-dealkylation sites (tertiary alicyclic amines) is 1. The van der Waals surface area contributed by atoms with Gasteiger partial charge in [0.05, 0.1) is 18.4 Å². The molecule has 2 aliphatic heterocycles. The molecule has 0 spiro atoms. The van der Waals surface area contributed by atoms with Crippen molar-refractivity contribution >= 4 is 17.5 Å². The van der Waals surface area contributed by atoms with Crippen molar-refractivity contribution in [1.82, 2.24) is 4.90 Å². The highest BCUT2D eigenvalue weighted by molar-refractivity contribution is 6.01. The van der Waals surface area contributed by atoms with Gasteiger partial charge in [-0.3, -0.25) is 9.59 Å². The predicted molar refractivity (Wildman–Crippen MR) is 91.7 cm³/mol. The first kappa shape index (κ1) is 15.7. The van der Waals surface area contributed by atoms with E-state index in [1.54, 1.807) is 11.0 Å². The summed E-state index contributed by atoms with van der Waals surface area (Å²) in [5, 5.41) is 2.96. The van der Waals surface area contributed by atoms with E-state index in [9.17, 15) is 9.59 Å². The van der Waals surface area contributed by atoms with E-state index in [2.05, 4.69) is 5.32 Å². The lowest BCUT2D eigenvalue weighted by atomic mass is 10.00. The fourth-order valence-corrected chi connectivity index (χ4v) is 3.49. The van der Waals surface area contributed by atoms with Crippen molar-refractivity contribution in [2.45, 2.75) is 31.7 Å². The minimum Gasteiger partial charge on any atom is -0.493 e. The van der Waals surface area contributed by atoms with Crippen LogP contribution in [0, 0.1) is 0 Å². The Hall–Kier alpha value is -2.76. The van der Waals surface area contributed by atoms with Crippen molar-refractivity contribution in [1.29, 1.82) is 0 Å². The van der Waals surface area contributed by atoms with Crippen LogP contribution in [0.25, 0.3) is 0 Å². The molecule has 2 aliphatic rings. The third kappa shape index (κ3) is 3.12. The number of furan rings is 1. The number of carbonyl (C=O) groups excluding carboxylic acids is 2. The van der Waals surface area contributed by atoms with Gasteiger partial charge in [0.25, 0.3) is 5.91 Å². The Kier molecular flexibility index (Phi) is 4.17. The molecule has 0 bridgehead atoms. The summed E-state index contributed by atoms with van der Waals surface area (Å²) in [6.45, 7) is 1.27. The standard InChI is InChI=1S/C19H20N2O4/c22-18(20-15-4-5-17-13(11-15)7-10-25-17)16-3-1-2-8-21(16)19(23)14-6-9-24-12-14/h4-6,9,11-12,16H,1-3,7-8,10H2,(H,20,22)/t16-/m1/s1. The summed E-state index contributed by atoms with van der Waals surface area (Å²) in [5.41, 5.74) is 2.33. The lowest BCUT2D eigenvalue weighted by molar-refractivity contribution is -0.121. The van der Waals surface area contributed by atoms with Gasteiger partial charge in [0.15, 0.2) is 0 Å². The molecule has 1 aromatic heterocycles. The van der Waals surface area contributed by atoms with Gasteiger partial charge in [-0.25, -0.2) is 0 Å². The van der Waals surface area contributed by atoms with Gasteiger partial charge >= 0.3 is 0 Å². The predicted octanol–water partition coefficient (Wildman–Crippen LogP) is 2.85. The SMILES string of the molecule is O=C(Nc1ccc2c(c1)CCO2)[C@H]1CCCCN1C(=O)c1ccoc1. The van der Waals surface area contributed by atoms with E-state index in [0.29, 0.717) is 25.1 Å². The summed E-state index contributed by atoms with van der Waals surface area (Å²) in [4.78, 5) is 27.1. The van der Waals surface area contributed by atoms with Crippen LogP contribution >= 0.6 is 0 Å². The van der Waals surface area contributed by atoms with Gasteiger partial charge in [0.1, 0.15) is 18.1 Å². The van der Waals surface area contributed by atoms with Gasteiger partial charge in [-0.15, -0.1) is 0 Å². The normalized spacial score (nSPS) is 19.2. The fourth-order valence-electron chi connectivity index (χ4n) is 3.49. The summed E-state index contributed by atoms with van der Waals surface area (Å²) in [5.74, 6) is 0.582. The number of benzene rings is 1. The minimum absolute atomic E-state index is 0.143. The Labute approximate surface area is 145 Å². The second-order valence-electron chi connectivity index (χ2n) is 6.43. The average Bonchev–Trinajstić information content (AvgIpc) is 3.32. The van der Waals surface area contributed by atoms with Crippen molar-refractivity contribution in [3.8, 4) is 5.75 Å². The number of rotatable bonds is 3. The molecule has 2 aromatic rings. The lowest BCUT2D eigenvalue weighted by Crippen LogP contribution is -2.49. The third-order valence-electron chi connectivity index (χ3n) is 4.79. The highest BCUT2D eigenvalue weighted by Gasteiger charge is 2.33. The molecular formula is C19H20N2O4. The van der Waals surface area contributed by atoms with Gasteiger partial charge < -0.3 is 19.4 Å². The molecule has 1 saturated heterocycles. The zero-order valence-corrected chi connectivity index (χ0v) is 13.9. The molecule has 1 aromatic carbocycles. The molecule has 3 heterocycles. The second kappa shape index (κ2) is 6.63. The smallest absolute Gasteiger partial charge is 0.257 e. The Balaban J connectivity index is 1.50. The highest BCUT2D eigenvalue weighted by atomic mass is 16.5. The van der Waals surface area contributed by atoms with Crippen LogP contribution in [-0.4, -0.2) is 35.9 Å². The summed E-state index contributed by atoms with van der Waals surface area (Å²) in [6.07, 6.45) is 6.26. The van der Waals surface area contributed by atoms with E-state index in [-0.39, 0.29) is 11.8 Å². The quantitative estimate of drug-likeness (QED) is 0.932. The van der Waals surface area contributed by atoms with E-state index < -0.39 is 6.04 Å². The molecule has 6 nitrogen and oxygen atoms in total. The number of hydrogen-bond acceptors (Lipinski definition) is 4. The maximum Gasteiger partial charge on any atom is 0.257 e. The molecule has 130 valence electrons. The van der Waals surface area contributed by atoms with Crippen LogP contribution in [0.2, 0.25) is 0 Å². The number of amides is 2. The molecular weight excluding hydrogens is 320 g/mol. The number of fused-ring (bicyclic) bond motifs is 1. The number of hydrogen-bond donors (Lipinski definition) is 1. The molecule has 6 heteroatoms. The van der Waals surface area contributed by atoms with Crippen LogP contribution in [0.1, 0.15) is 35.2 Å². The molecule has 0 saturated carbocycles. The Morgan fingerprint density at radius 2 is 2.12 bits per heavy atom. The first-order chi connectivity index (χ1) is 12.2. The number of carbonyl (C=O) groups is 2. The number of ether oxygens (including phenoxy) is 1. The van der Waals surface area contributed by atoms with Crippen LogP contribution in [0.3, 0.4) is 0 Å². The molecule has 4 rings (SSSR count). The number of nitrogens with zero attached hydrogens (tertiary/aromatic N) is 1. The lowest BCUT2D eigenvalue weighted by Gasteiger charge is -2.34. The van der Waals surface area contributed by atoms with E-state index in [4.69, 9.17) is 9.15 Å². The highest BCUT2D eigenvalue weighted by Crippen LogP contribution is 2.28. The molecule has 25 heavy (non-hydrogen) atoms. The third-order valence-corrected chi connectivity index (χ3v) is 4.79. The van der Waals surface area contributed by atoms with Gasteiger partial charge in [0.2, 0.25) is 5.91 Å². The molecule has 0 radical (unpaired) electrons. The van der Waals surface area contributed by atoms with E-state index >= 15 is 0 Å². The van der Waals surface area contributed by atoms with Crippen molar-refractivity contribution in [3.05, 3.63) is 47.9 Å². The molecule has 2 amide bonds. The molecule has 0 aliphatic carbocycles. The average molecular weight is 340 g/mol. The maximum absolute atomic E-state index is 12.8. The Morgan fingerprint density at radius 3 is 2.96 bits per heavy atom. The first-order valence-corrected chi connectivity index (χ1v) is 8.62. The molecule has 1 fully saturated rings. The van der Waals surface area contributed by atoms with E-state index in [0.717, 1.165) is 36.3 Å². The van der Waals surface area contributed by atoms with Gasteiger partial charge in [-0.1, -0.05) is 0 Å². The largest absolute Gasteiger partial charge is 0.493 e. The Bertz CT molecular complexity index is 785. The number of nitrogens with one attached hydrogen (secondary N) is 1. The monoisotopic (exact) mass is 340 g/mol. The summed E-state index contributed by atoms with van der Waals surface area (Å²) in [7, 11) is 0. The van der Waals surface area contributed by atoms with Crippen molar-refractivity contribution in [3.63, 3.8) is 0 Å². The zero-order valence-electron chi connectivity index (χ0n) is 13.9. The number of piperidine rings is 1. The van der Waals surface area contributed by atoms with E-state index in [1.807, 2.05) is 18.2 Å². The minimum atomic E-state index is -0.458. The van der Waals surface area contributed by atoms with Gasteiger partial charge in [-0.05, 0) is 49.1 Å². The van der Waals surface area contributed by atoms with Crippen molar-refractivity contribution < 1.29 is 18.7 Å². The first-order valence-electron chi connectivity index (χ1n) is 8.62. The second-order valence-corrected chi connectivity index (χ2v) is 6.43. The Morgan fingerprint density at radius 1 is 1.20 bits per heavy atom. The van der Waals surface area contributed by atoms with Crippen LogP contribution < -0.4 is 10.1 Å². The molecule has 0 unspecified atom stereocenters. The van der Waals surface area contributed by atoms with Gasteiger partial charge in [0, 0.05) is 18.7 Å². The maximum atomic E-state index is 12.8. The molecule has 1 atom stereocenters. The summed E-state index contributed by atoms with van der Waals surface area (Å²) in [6, 6.07) is 6.85. The van der Waals surface area contributed by atoms with E-state index in [1.165, 1.54) is 12.5 Å². The zero-order chi connectivity index (χ0) is 17.2. The topological polar surface area (TPSA) is 71.8 Å². The van der Waals surface area contributed by atoms with Crippen LogP contribution in [0.4, 0.5) is 5.69 Å². The van der Waals surface area contributed by atoms with Crippen molar-refractivity contribution in [2.75, 3.05) is 18.5 Å². The summed E-state index contributed by atoms with van der Waals surface area (Å²) >= 11 is 0. The summed E-state index contributed by atoms with van der Waals surface area (Å²) < 4.78 is 10.5. The van der Waals surface area contributed by atoms with Gasteiger partial charge in [-0.2, -0.15) is 0 Å². The van der Waals surface area contributed by atoms with Crippen LogP contribution in [0.15, 0.2) is 41.2 Å². The molecule has 1 N–H and O–H groups in total. The number of anilines is 1. The van der Waals surface area contributed by atoms with Crippen molar-refractivity contribution in [2.24, 2.45) is 0 Å². The van der Waals surface area contributed by atoms with Crippen LogP contribution in [-0.2, 0) is 11.2 Å². The fraction of sp³-hybridized carbons (Fsp3) is 0.368. The van der Waals surface area contributed by atoms with Crippen LogP contribution in [0.5, 0.6) is 5.75 Å².